The van der Waals surface area contributed by atoms with E-state index in [1.807, 2.05) is 10.8 Å². The first kappa shape index (κ1) is 16.4. The number of nitrogens with zero attached hydrogens (tertiary/aromatic N) is 3. The van der Waals surface area contributed by atoms with Gasteiger partial charge >= 0.3 is 5.97 Å². The summed E-state index contributed by atoms with van der Waals surface area (Å²) in [5, 5.41) is 0. The second-order valence-electron chi connectivity index (χ2n) is 5.87. The molecule has 1 saturated carbocycles. The summed E-state index contributed by atoms with van der Waals surface area (Å²) in [6.07, 6.45) is 4.06. The standard InChI is InChI=1S/C17H16ClN3O3S/c1-23-17(22)10-4-13-16(14(5-10)24-11-2-3-11)20-15(6-18)21(13)8-12-7-19-9-25-12/h4-5,7,9,11H,2-3,6,8H2,1H3. The van der Waals surface area contributed by atoms with Crippen LogP contribution in [0.4, 0.5) is 0 Å². The molecular formula is C17H16ClN3O3S. The average molecular weight is 378 g/mol. The summed E-state index contributed by atoms with van der Waals surface area (Å²) in [6, 6.07) is 3.49. The zero-order valence-corrected chi connectivity index (χ0v) is 15.1. The Morgan fingerprint density at radius 1 is 1.44 bits per heavy atom. The van der Waals surface area contributed by atoms with E-state index in [0.29, 0.717) is 17.9 Å². The van der Waals surface area contributed by atoms with Crippen LogP contribution < -0.4 is 4.74 Å². The Balaban J connectivity index is 1.88. The lowest BCUT2D eigenvalue weighted by Crippen LogP contribution is -2.06. The van der Waals surface area contributed by atoms with E-state index in [9.17, 15) is 4.79 Å². The van der Waals surface area contributed by atoms with Crippen LogP contribution in [0.15, 0.2) is 23.8 Å². The molecule has 0 unspecified atom stereocenters. The number of halogens is 1. The number of hydrogen-bond donors (Lipinski definition) is 0. The van der Waals surface area contributed by atoms with E-state index in [1.165, 1.54) is 7.11 Å². The number of imidazole rings is 1. The molecule has 1 aromatic carbocycles. The van der Waals surface area contributed by atoms with Gasteiger partial charge in [-0.3, -0.25) is 4.98 Å². The number of carbonyl (C=O) groups excluding carboxylic acids is 1. The smallest absolute Gasteiger partial charge is 0.338 e. The van der Waals surface area contributed by atoms with Crippen LogP contribution >= 0.6 is 22.9 Å². The van der Waals surface area contributed by atoms with Crippen molar-refractivity contribution in [3.05, 3.63) is 40.1 Å². The number of thiazole rings is 1. The van der Waals surface area contributed by atoms with Gasteiger partial charge in [-0.2, -0.15) is 0 Å². The molecule has 3 aromatic rings. The quantitative estimate of drug-likeness (QED) is 0.485. The Labute approximate surface area is 153 Å². The SMILES string of the molecule is COC(=O)c1cc(OC2CC2)c2nc(CCl)n(Cc3cncs3)c2c1. The Morgan fingerprint density at radius 3 is 2.92 bits per heavy atom. The maximum Gasteiger partial charge on any atom is 0.338 e. The predicted octanol–water partition coefficient (Wildman–Crippen LogP) is 3.61. The van der Waals surface area contributed by atoms with E-state index in [0.717, 1.165) is 34.6 Å². The summed E-state index contributed by atoms with van der Waals surface area (Å²) in [5.74, 6) is 1.20. The predicted molar refractivity (Wildman–Crippen MR) is 95.5 cm³/mol. The van der Waals surface area contributed by atoms with Crippen molar-refractivity contribution in [2.45, 2.75) is 31.4 Å². The molecule has 2 heterocycles. The summed E-state index contributed by atoms with van der Waals surface area (Å²) in [6.45, 7) is 0.594. The first-order valence-electron chi connectivity index (χ1n) is 7.91. The number of fused-ring (bicyclic) bond motifs is 1. The van der Waals surface area contributed by atoms with Gasteiger partial charge in [-0.1, -0.05) is 0 Å². The summed E-state index contributed by atoms with van der Waals surface area (Å²) >= 11 is 7.68. The van der Waals surface area contributed by atoms with Gasteiger partial charge in [0.05, 0.1) is 42.2 Å². The van der Waals surface area contributed by atoms with Crippen molar-refractivity contribution < 1.29 is 14.3 Å². The van der Waals surface area contributed by atoms with E-state index in [4.69, 9.17) is 21.1 Å². The molecule has 0 atom stereocenters. The fourth-order valence-corrected chi connectivity index (χ4v) is 3.47. The van der Waals surface area contributed by atoms with Crippen molar-refractivity contribution in [1.82, 2.24) is 14.5 Å². The zero-order valence-electron chi connectivity index (χ0n) is 13.6. The van der Waals surface area contributed by atoms with Crippen LogP contribution in [0.5, 0.6) is 5.75 Å². The van der Waals surface area contributed by atoms with Crippen LogP contribution in [0, 0.1) is 0 Å². The molecule has 1 aliphatic carbocycles. The van der Waals surface area contributed by atoms with Gasteiger partial charge in [-0.15, -0.1) is 22.9 Å². The van der Waals surface area contributed by atoms with Gasteiger partial charge < -0.3 is 14.0 Å². The lowest BCUT2D eigenvalue weighted by Gasteiger charge is -2.10. The Kier molecular flexibility index (Phi) is 4.35. The van der Waals surface area contributed by atoms with Gasteiger partial charge in [0, 0.05) is 11.1 Å². The fraction of sp³-hybridized carbons (Fsp3) is 0.353. The molecule has 0 bridgehead atoms. The molecule has 0 saturated heterocycles. The number of aromatic nitrogens is 3. The van der Waals surface area contributed by atoms with Gasteiger partial charge in [0.15, 0.2) is 0 Å². The minimum atomic E-state index is -0.402. The Hall–Kier alpha value is -2.12. The number of ether oxygens (including phenoxy) is 2. The first-order chi connectivity index (χ1) is 12.2. The largest absolute Gasteiger partial charge is 0.488 e. The summed E-state index contributed by atoms with van der Waals surface area (Å²) < 4.78 is 12.9. The maximum atomic E-state index is 12.1. The highest BCUT2D eigenvalue weighted by atomic mass is 35.5. The van der Waals surface area contributed by atoms with Crippen molar-refractivity contribution in [2.75, 3.05) is 7.11 Å². The fourth-order valence-electron chi connectivity index (χ4n) is 2.69. The van der Waals surface area contributed by atoms with E-state index in [1.54, 1.807) is 29.0 Å². The number of rotatable bonds is 6. The van der Waals surface area contributed by atoms with Crippen LogP contribution in [0.1, 0.15) is 33.9 Å². The molecule has 0 amide bonds. The van der Waals surface area contributed by atoms with Crippen LogP contribution in [-0.4, -0.2) is 33.7 Å². The van der Waals surface area contributed by atoms with E-state index >= 15 is 0 Å². The summed E-state index contributed by atoms with van der Waals surface area (Å²) in [4.78, 5) is 21.9. The van der Waals surface area contributed by atoms with Crippen LogP contribution in [0.2, 0.25) is 0 Å². The molecule has 4 rings (SSSR count). The highest BCUT2D eigenvalue weighted by Crippen LogP contribution is 2.34. The molecule has 0 radical (unpaired) electrons. The third kappa shape index (κ3) is 3.21. The third-order valence-corrected chi connectivity index (χ3v) is 5.06. The monoisotopic (exact) mass is 377 g/mol. The van der Waals surface area contributed by atoms with Crippen molar-refractivity contribution in [1.29, 1.82) is 0 Å². The van der Waals surface area contributed by atoms with E-state index in [-0.39, 0.29) is 12.0 Å². The normalized spacial score (nSPS) is 14.0. The number of carbonyl (C=O) groups is 1. The molecule has 0 N–H and O–H groups in total. The molecule has 25 heavy (non-hydrogen) atoms. The molecule has 6 nitrogen and oxygen atoms in total. The maximum absolute atomic E-state index is 12.1. The topological polar surface area (TPSA) is 66.2 Å². The second-order valence-corrected chi connectivity index (χ2v) is 7.10. The Bertz CT molecular complexity index is 919. The number of hydrogen-bond acceptors (Lipinski definition) is 6. The van der Waals surface area contributed by atoms with Crippen LogP contribution in [0.3, 0.4) is 0 Å². The first-order valence-corrected chi connectivity index (χ1v) is 9.32. The molecule has 130 valence electrons. The van der Waals surface area contributed by atoms with Gasteiger partial charge in [-0.25, -0.2) is 9.78 Å². The van der Waals surface area contributed by atoms with Crippen molar-refractivity contribution in [2.24, 2.45) is 0 Å². The second kappa shape index (κ2) is 6.65. The minimum absolute atomic E-state index is 0.196. The number of benzene rings is 1. The van der Waals surface area contributed by atoms with E-state index < -0.39 is 5.97 Å². The lowest BCUT2D eigenvalue weighted by atomic mass is 10.2. The summed E-state index contributed by atoms with van der Waals surface area (Å²) in [5.41, 5.74) is 3.76. The minimum Gasteiger partial charge on any atom is -0.488 e. The van der Waals surface area contributed by atoms with Crippen LogP contribution in [0.25, 0.3) is 11.0 Å². The van der Waals surface area contributed by atoms with Crippen molar-refractivity contribution >= 4 is 39.9 Å². The number of alkyl halides is 1. The molecule has 1 fully saturated rings. The average Bonchev–Trinajstić information content (AvgIpc) is 3.16. The zero-order chi connectivity index (χ0) is 17.4. The van der Waals surface area contributed by atoms with Crippen molar-refractivity contribution in [3.8, 4) is 5.75 Å². The molecule has 0 aliphatic heterocycles. The lowest BCUT2D eigenvalue weighted by molar-refractivity contribution is 0.0600. The van der Waals surface area contributed by atoms with Gasteiger partial charge in [0.2, 0.25) is 0 Å². The molecule has 0 spiro atoms. The number of esters is 1. The van der Waals surface area contributed by atoms with Crippen molar-refractivity contribution in [3.63, 3.8) is 0 Å². The molecular weight excluding hydrogens is 362 g/mol. The molecule has 8 heteroatoms. The summed E-state index contributed by atoms with van der Waals surface area (Å²) in [7, 11) is 1.37. The van der Waals surface area contributed by atoms with Gasteiger partial charge in [-0.05, 0) is 25.0 Å². The third-order valence-electron chi connectivity index (χ3n) is 4.05. The van der Waals surface area contributed by atoms with Gasteiger partial charge in [0.25, 0.3) is 0 Å². The number of methoxy groups -OCH3 is 1. The van der Waals surface area contributed by atoms with Gasteiger partial charge in [0.1, 0.15) is 17.1 Å². The van der Waals surface area contributed by atoms with Crippen LogP contribution in [-0.2, 0) is 17.2 Å². The molecule has 1 aliphatic rings. The highest BCUT2D eigenvalue weighted by molar-refractivity contribution is 7.09. The highest BCUT2D eigenvalue weighted by Gasteiger charge is 2.27. The van der Waals surface area contributed by atoms with E-state index in [2.05, 4.69) is 9.97 Å². The molecule has 2 aromatic heterocycles. The Morgan fingerprint density at radius 2 is 2.28 bits per heavy atom.